The summed E-state index contributed by atoms with van der Waals surface area (Å²) in [6, 6.07) is 8.59. The fourth-order valence-corrected chi connectivity index (χ4v) is 4.80. The molecule has 0 radical (unpaired) electrons. The molecule has 1 aliphatic heterocycles. The maximum atomic E-state index is 9.71. The molecule has 1 aromatic carbocycles. The first-order valence-electron chi connectivity index (χ1n) is 9.22. The zero-order valence-electron chi connectivity index (χ0n) is 16.1. The molecule has 0 spiro atoms. The number of anilines is 1. The maximum Gasteiger partial charge on any atom is 0.237 e. The molecule has 1 heterocycles. The molecule has 4 nitrogen and oxygen atoms in total. The van der Waals surface area contributed by atoms with E-state index in [-0.39, 0.29) is 0 Å². The summed E-state index contributed by atoms with van der Waals surface area (Å²) >= 11 is 3.65. The highest BCUT2D eigenvalue weighted by Crippen LogP contribution is 2.44. The summed E-state index contributed by atoms with van der Waals surface area (Å²) in [6.45, 7) is 10.8. The van der Waals surface area contributed by atoms with Crippen molar-refractivity contribution in [1.29, 1.82) is 5.26 Å². The summed E-state index contributed by atoms with van der Waals surface area (Å²) in [5.74, 6) is 3.95. The van der Waals surface area contributed by atoms with Gasteiger partial charge in [0, 0.05) is 53.4 Å². The van der Waals surface area contributed by atoms with Crippen molar-refractivity contribution in [2.45, 2.75) is 34.0 Å². The Bertz CT molecular complexity index is 666. The Labute approximate surface area is 165 Å². The van der Waals surface area contributed by atoms with Gasteiger partial charge in [-0.15, -0.1) is 11.8 Å². The molecule has 0 fully saturated rings. The fourth-order valence-electron chi connectivity index (χ4n) is 2.88. The van der Waals surface area contributed by atoms with Crippen molar-refractivity contribution in [3.05, 3.63) is 29.3 Å². The molecule has 1 unspecified atom stereocenters. The molecule has 0 saturated heterocycles. The largest absolute Gasteiger partial charge is 0.459 e. The molecule has 0 saturated carbocycles. The van der Waals surface area contributed by atoms with Gasteiger partial charge in [0.2, 0.25) is 6.29 Å². The van der Waals surface area contributed by atoms with Crippen molar-refractivity contribution in [3.63, 3.8) is 0 Å². The van der Waals surface area contributed by atoms with E-state index in [9.17, 15) is 5.26 Å². The molecule has 6 heteroatoms. The second-order valence-corrected chi connectivity index (χ2v) is 8.16. The van der Waals surface area contributed by atoms with Crippen LogP contribution in [0.15, 0.2) is 23.8 Å². The van der Waals surface area contributed by atoms with Crippen molar-refractivity contribution in [2.75, 3.05) is 41.9 Å². The number of nitriles is 1. The number of nitrogens with zero attached hydrogens (tertiary/aromatic N) is 2. The van der Waals surface area contributed by atoms with Crippen LogP contribution in [0.4, 0.5) is 5.69 Å². The summed E-state index contributed by atoms with van der Waals surface area (Å²) < 4.78 is 11.8. The lowest BCUT2D eigenvalue weighted by Crippen LogP contribution is -2.27. The van der Waals surface area contributed by atoms with Crippen molar-refractivity contribution in [2.24, 2.45) is 0 Å². The standard InChI is InChI=1S/C20H28N2O2S2/c1-5-22(6-2)15-9-10-16-18(13-15)24-20(23-7-3)17(14-21)19(16)26-12-11-25-8-4/h9-10,13,20H,5-8,11-12H2,1-4H3. The lowest BCUT2D eigenvalue weighted by atomic mass is 10.1. The second kappa shape index (κ2) is 10.8. The number of rotatable bonds is 10. The van der Waals surface area contributed by atoms with E-state index in [0.717, 1.165) is 52.3 Å². The van der Waals surface area contributed by atoms with Crippen LogP contribution >= 0.6 is 23.5 Å². The van der Waals surface area contributed by atoms with E-state index in [1.165, 1.54) is 0 Å². The van der Waals surface area contributed by atoms with Gasteiger partial charge in [0.05, 0.1) is 0 Å². The average molecular weight is 393 g/mol. The second-order valence-electron chi connectivity index (χ2n) is 5.66. The third kappa shape index (κ3) is 4.91. The zero-order valence-corrected chi connectivity index (χ0v) is 17.7. The minimum absolute atomic E-state index is 0.505. The maximum absolute atomic E-state index is 9.71. The topological polar surface area (TPSA) is 45.5 Å². The van der Waals surface area contributed by atoms with E-state index in [4.69, 9.17) is 9.47 Å². The molecular weight excluding hydrogens is 364 g/mol. The van der Waals surface area contributed by atoms with Crippen LogP contribution in [-0.2, 0) is 4.74 Å². The SMILES string of the molecule is CCOC1Oc2cc(N(CC)CC)ccc2C(SCCSCC)=C1C#N. The number of hydrogen-bond donors (Lipinski definition) is 0. The van der Waals surface area contributed by atoms with Crippen molar-refractivity contribution in [1.82, 2.24) is 0 Å². The van der Waals surface area contributed by atoms with Gasteiger partial charge in [-0.05, 0) is 38.7 Å². The van der Waals surface area contributed by atoms with E-state index in [1.807, 2.05) is 18.7 Å². The highest BCUT2D eigenvalue weighted by molar-refractivity contribution is 8.09. The predicted octanol–water partition coefficient (Wildman–Crippen LogP) is 5.01. The number of thioether (sulfide) groups is 2. The minimum atomic E-state index is -0.620. The van der Waals surface area contributed by atoms with Crippen LogP contribution in [0, 0.1) is 11.3 Å². The van der Waals surface area contributed by atoms with Gasteiger partial charge in [0.15, 0.2) is 0 Å². The molecule has 1 atom stereocenters. The first kappa shape index (κ1) is 21.0. The van der Waals surface area contributed by atoms with Crippen molar-refractivity contribution >= 4 is 34.1 Å². The highest BCUT2D eigenvalue weighted by Gasteiger charge is 2.30. The molecule has 0 bridgehead atoms. The Morgan fingerprint density at radius 1 is 1.19 bits per heavy atom. The highest BCUT2D eigenvalue weighted by atomic mass is 32.2. The zero-order chi connectivity index (χ0) is 18.9. The molecule has 1 aromatic rings. The van der Waals surface area contributed by atoms with E-state index in [2.05, 4.69) is 49.9 Å². The third-order valence-electron chi connectivity index (χ3n) is 4.17. The van der Waals surface area contributed by atoms with Crippen LogP contribution in [0.25, 0.3) is 4.91 Å². The number of benzene rings is 1. The monoisotopic (exact) mass is 392 g/mol. The Kier molecular flexibility index (Phi) is 8.70. The van der Waals surface area contributed by atoms with Gasteiger partial charge in [-0.1, -0.05) is 6.92 Å². The molecule has 0 aromatic heterocycles. The van der Waals surface area contributed by atoms with Gasteiger partial charge >= 0.3 is 0 Å². The predicted molar refractivity (Wildman–Crippen MR) is 114 cm³/mol. The molecule has 26 heavy (non-hydrogen) atoms. The van der Waals surface area contributed by atoms with Crippen LogP contribution in [0.3, 0.4) is 0 Å². The molecule has 142 valence electrons. The van der Waals surface area contributed by atoms with Gasteiger partial charge in [0.25, 0.3) is 0 Å². The Hall–Kier alpha value is -1.29. The molecule has 0 N–H and O–H groups in total. The number of hydrogen-bond acceptors (Lipinski definition) is 6. The number of ether oxygens (including phenoxy) is 2. The summed E-state index contributed by atoms with van der Waals surface area (Å²) in [4.78, 5) is 3.28. The van der Waals surface area contributed by atoms with Crippen LogP contribution in [0.5, 0.6) is 5.75 Å². The van der Waals surface area contributed by atoms with Crippen LogP contribution in [0.2, 0.25) is 0 Å². The van der Waals surface area contributed by atoms with E-state index < -0.39 is 6.29 Å². The van der Waals surface area contributed by atoms with E-state index in [1.54, 1.807) is 11.8 Å². The van der Waals surface area contributed by atoms with Gasteiger partial charge in [-0.3, -0.25) is 0 Å². The quantitative estimate of drug-likeness (QED) is 0.522. The van der Waals surface area contributed by atoms with Crippen LogP contribution < -0.4 is 9.64 Å². The van der Waals surface area contributed by atoms with E-state index in [0.29, 0.717) is 12.2 Å². The lowest BCUT2D eigenvalue weighted by Gasteiger charge is -2.29. The van der Waals surface area contributed by atoms with Crippen LogP contribution in [0.1, 0.15) is 33.3 Å². The Morgan fingerprint density at radius 3 is 2.58 bits per heavy atom. The average Bonchev–Trinajstić information content (AvgIpc) is 2.66. The number of fused-ring (bicyclic) bond motifs is 1. The molecule has 0 aliphatic carbocycles. The smallest absolute Gasteiger partial charge is 0.237 e. The van der Waals surface area contributed by atoms with Crippen molar-refractivity contribution in [3.8, 4) is 11.8 Å². The van der Waals surface area contributed by atoms with E-state index >= 15 is 0 Å². The summed E-state index contributed by atoms with van der Waals surface area (Å²) in [7, 11) is 0. The fraction of sp³-hybridized carbons (Fsp3) is 0.550. The molecule has 1 aliphatic rings. The lowest BCUT2D eigenvalue weighted by molar-refractivity contribution is -0.0469. The van der Waals surface area contributed by atoms with Gasteiger partial charge in [-0.2, -0.15) is 17.0 Å². The summed E-state index contributed by atoms with van der Waals surface area (Å²) in [5.41, 5.74) is 2.72. The van der Waals surface area contributed by atoms with Gasteiger partial charge < -0.3 is 14.4 Å². The Morgan fingerprint density at radius 2 is 1.96 bits per heavy atom. The normalized spacial score (nSPS) is 16.0. The molecule has 2 rings (SSSR count). The first-order valence-corrected chi connectivity index (χ1v) is 11.4. The Balaban J connectivity index is 2.39. The van der Waals surface area contributed by atoms with Crippen molar-refractivity contribution < 1.29 is 9.47 Å². The minimum Gasteiger partial charge on any atom is -0.459 e. The first-order chi connectivity index (χ1) is 12.7. The summed E-state index contributed by atoms with van der Waals surface area (Å²) in [6.07, 6.45) is -0.620. The molecular formula is C20H28N2O2S2. The summed E-state index contributed by atoms with van der Waals surface area (Å²) in [5, 5.41) is 9.71. The van der Waals surface area contributed by atoms with Gasteiger partial charge in [0.1, 0.15) is 17.4 Å². The van der Waals surface area contributed by atoms with Crippen LogP contribution in [-0.4, -0.2) is 43.2 Å². The van der Waals surface area contributed by atoms with Gasteiger partial charge in [-0.25, -0.2) is 0 Å². The third-order valence-corrected chi connectivity index (χ3v) is 6.47. The molecule has 0 amide bonds.